The van der Waals surface area contributed by atoms with Gasteiger partial charge in [0.2, 0.25) is 11.7 Å². The first-order chi connectivity index (χ1) is 18.7. The highest BCUT2D eigenvalue weighted by atomic mass is 19.4. The SMILES string of the molecule is CCCCC.CCCCn1c(=O)n(CCCc2nc(Cc3ccccc3)no2)c(=O)c2[nH]c(C(F)(F)F)nc21. The second-order valence-corrected chi connectivity index (χ2v) is 9.25. The summed E-state index contributed by atoms with van der Waals surface area (Å²) in [5.41, 5.74) is -1.13. The zero-order valence-corrected chi connectivity index (χ0v) is 22.6. The highest BCUT2D eigenvalue weighted by Crippen LogP contribution is 2.27. The minimum atomic E-state index is -4.77. The predicted molar refractivity (Wildman–Crippen MR) is 142 cm³/mol. The maximum absolute atomic E-state index is 13.2. The van der Waals surface area contributed by atoms with E-state index in [1.165, 1.54) is 19.3 Å². The molecule has 0 spiro atoms. The Hall–Kier alpha value is -3.70. The van der Waals surface area contributed by atoms with Crippen LogP contribution in [0, 0.1) is 0 Å². The van der Waals surface area contributed by atoms with Gasteiger partial charge in [-0.2, -0.15) is 18.2 Å². The van der Waals surface area contributed by atoms with Gasteiger partial charge in [0.15, 0.2) is 11.5 Å². The third-order valence-corrected chi connectivity index (χ3v) is 6.06. The maximum Gasteiger partial charge on any atom is 0.449 e. The number of hydrogen-bond acceptors (Lipinski definition) is 6. The van der Waals surface area contributed by atoms with Crippen molar-refractivity contribution in [3.63, 3.8) is 0 Å². The fourth-order valence-corrected chi connectivity index (χ4v) is 4.00. The van der Waals surface area contributed by atoms with Crippen molar-refractivity contribution in [1.29, 1.82) is 0 Å². The van der Waals surface area contributed by atoms with Crippen LogP contribution in [0.15, 0.2) is 44.4 Å². The van der Waals surface area contributed by atoms with E-state index in [1.807, 2.05) is 37.3 Å². The minimum Gasteiger partial charge on any atom is -0.339 e. The Morgan fingerprint density at radius 2 is 1.56 bits per heavy atom. The van der Waals surface area contributed by atoms with Gasteiger partial charge in [-0.15, -0.1) is 0 Å². The van der Waals surface area contributed by atoms with Crippen LogP contribution in [-0.2, 0) is 32.1 Å². The lowest BCUT2D eigenvalue weighted by Crippen LogP contribution is -2.40. The van der Waals surface area contributed by atoms with Gasteiger partial charge in [-0.05, 0) is 18.4 Å². The van der Waals surface area contributed by atoms with Crippen LogP contribution in [0.3, 0.4) is 0 Å². The summed E-state index contributed by atoms with van der Waals surface area (Å²) in [4.78, 5) is 35.7. The van der Waals surface area contributed by atoms with E-state index < -0.39 is 23.2 Å². The average Bonchev–Trinajstić information content (AvgIpc) is 3.55. The highest BCUT2D eigenvalue weighted by molar-refractivity contribution is 5.70. The van der Waals surface area contributed by atoms with Crippen molar-refractivity contribution in [1.82, 2.24) is 29.2 Å². The number of nitrogens with zero attached hydrogens (tertiary/aromatic N) is 5. The number of H-pyrrole nitrogens is 1. The Balaban J connectivity index is 0.000000771. The topological polar surface area (TPSA) is 112 Å². The van der Waals surface area contributed by atoms with Crippen LogP contribution in [0.2, 0.25) is 0 Å². The van der Waals surface area contributed by atoms with Crippen molar-refractivity contribution in [2.45, 2.75) is 91.4 Å². The lowest BCUT2D eigenvalue weighted by molar-refractivity contribution is -0.144. The minimum absolute atomic E-state index is 0.0174. The molecule has 0 aliphatic heterocycles. The number of aryl methyl sites for hydroxylation is 2. The quantitative estimate of drug-likeness (QED) is 0.265. The summed E-state index contributed by atoms with van der Waals surface area (Å²) in [6, 6.07) is 9.63. The van der Waals surface area contributed by atoms with Crippen molar-refractivity contribution in [3.8, 4) is 0 Å². The van der Waals surface area contributed by atoms with Gasteiger partial charge in [0.25, 0.3) is 5.56 Å². The van der Waals surface area contributed by atoms with Gasteiger partial charge >= 0.3 is 11.9 Å². The molecular formula is C27H35F3N6O3. The fraction of sp³-hybridized carbons (Fsp3) is 0.519. The molecular weight excluding hydrogens is 513 g/mol. The number of aromatic amines is 1. The van der Waals surface area contributed by atoms with E-state index in [2.05, 4.69) is 34.0 Å². The summed E-state index contributed by atoms with van der Waals surface area (Å²) in [7, 11) is 0. The number of fused-ring (bicyclic) bond motifs is 1. The van der Waals surface area contributed by atoms with E-state index in [-0.39, 0.29) is 24.3 Å². The molecule has 0 saturated heterocycles. The van der Waals surface area contributed by atoms with Gasteiger partial charge < -0.3 is 9.51 Å². The smallest absolute Gasteiger partial charge is 0.339 e. The number of aromatic nitrogens is 6. The molecule has 0 amide bonds. The molecule has 1 N–H and O–H groups in total. The molecule has 212 valence electrons. The second-order valence-electron chi connectivity index (χ2n) is 9.25. The van der Waals surface area contributed by atoms with E-state index in [9.17, 15) is 22.8 Å². The molecule has 0 aliphatic carbocycles. The van der Waals surface area contributed by atoms with E-state index in [0.29, 0.717) is 43.8 Å². The number of imidazole rings is 1. The normalized spacial score (nSPS) is 11.5. The van der Waals surface area contributed by atoms with Gasteiger partial charge in [-0.1, -0.05) is 81.9 Å². The standard InChI is InChI=1S/C22H23F3N6O3.C5H12/c1-2-3-11-30-18-17(27-20(28-18)22(23,24)25)19(32)31(21(30)33)12-7-10-16-26-15(29-34-16)13-14-8-5-4-6-9-14;1-3-5-4-2/h4-6,8-9H,2-3,7,10-13H2,1H3,(H,27,28);3-5H2,1-2H3. The largest absolute Gasteiger partial charge is 0.449 e. The summed E-state index contributed by atoms with van der Waals surface area (Å²) >= 11 is 0. The van der Waals surface area contributed by atoms with Gasteiger partial charge in [-0.3, -0.25) is 13.9 Å². The molecule has 0 unspecified atom stereocenters. The van der Waals surface area contributed by atoms with Gasteiger partial charge in [0.1, 0.15) is 5.52 Å². The Labute approximate surface area is 224 Å². The van der Waals surface area contributed by atoms with Gasteiger partial charge in [0, 0.05) is 25.9 Å². The van der Waals surface area contributed by atoms with E-state index >= 15 is 0 Å². The Bertz CT molecular complexity index is 1440. The molecule has 4 rings (SSSR count). The number of alkyl halides is 3. The maximum atomic E-state index is 13.2. The Morgan fingerprint density at radius 1 is 0.897 bits per heavy atom. The predicted octanol–water partition coefficient (Wildman–Crippen LogP) is 5.51. The number of rotatable bonds is 11. The number of hydrogen-bond donors (Lipinski definition) is 1. The van der Waals surface area contributed by atoms with Crippen molar-refractivity contribution < 1.29 is 17.7 Å². The van der Waals surface area contributed by atoms with Crippen molar-refractivity contribution >= 4 is 11.2 Å². The van der Waals surface area contributed by atoms with E-state index in [4.69, 9.17) is 4.52 Å². The number of unbranched alkanes of at least 4 members (excludes halogenated alkanes) is 3. The molecule has 4 aromatic rings. The molecule has 12 heteroatoms. The fourth-order valence-electron chi connectivity index (χ4n) is 4.00. The summed E-state index contributed by atoms with van der Waals surface area (Å²) < 4.78 is 46.8. The molecule has 0 fully saturated rings. The molecule has 1 aromatic carbocycles. The van der Waals surface area contributed by atoms with Crippen LogP contribution in [0.1, 0.15) is 82.4 Å². The third kappa shape index (κ3) is 7.90. The average molecular weight is 549 g/mol. The summed E-state index contributed by atoms with van der Waals surface area (Å²) in [6.45, 7) is 6.45. The Kier molecular flexibility index (Phi) is 10.6. The first-order valence-electron chi connectivity index (χ1n) is 13.3. The van der Waals surface area contributed by atoms with Crippen LogP contribution in [0.4, 0.5) is 13.2 Å². The lowest BCUT2D eigenvalue weighted by Gasteiger charge is -2.10. The Morgan fingerprint density at radius 3 is 2.18 bits per heavy atom. The van der Waals surface area contributed by atoms with E-state index in [0.717, 1.165) is 14.7 Å². The van der Waals surface area contributed by atoms with Crippen LogP contribution >= 0.6 is 0 Å². The van der Waals surface area contributed by atoms with Crippen molar-refractivity contribution in [2.75, 3.05) is 0 Å². The van der Waals surface area contributed by atoms with Gasteiger partial charge in [-0.25, -0.2) is 9.78 Å². The van der Waals surface area contributed by atoms with E-state index in [1.54, 1.807) is 0 Å². The molecule has 0 saturated carbocycles. The molecule has 0 bridgehead atoms. The molecule has 0 radical (unpaired) electrons. The third-order valence-electron chi connectivity index (χ3n) is 6.06. The molecule has 0 aliphatic rings. The number of halogens is 3. The van der Waals surface area contributed by atoms with Crippen molar-refractivity contribution in [3.05, 3.63) is 74.3 Å². The first-order valence-corrected chi connectivity index (χ1v) is 13.3. The van der Waals surface area contributed by atoms with Crippen LogP contribution in [0.25, 0.3) is 11.2 Å². The summed E-state index contributed by atoms with van der Waals surface area (Å²) in [6.07, 6.45) is 1.69. The molecule has 3 heterocycles. The first kappa shape index (κ1) is 29.9. The van der Waals surface area contributed by atoms with Crippen LogP contribution in [-0.4, -0.2) is 29.2 Å². The summed E-state index contributed by atoms with van der Waals surface area (Å²) in [5.74, 6) is -0.440. The second kappa shape index (κ2) is 13.9. The van der Waals surface area contributed by atoms with Crippen molar-refractivity contribution in [2.24, 2.45) is 0 Å². The lowest BCUT2D eigenvalue weighted by atomic mass is 10.1. The monoisotopic (exact) mass is 548 g/mol. The molecule has 39 heavy (non-hydrogen) atoms. The van der Waals surface area contributed by atoms with Crippen LogP contribution in [0.5, 0.6) is 0 Å². The van der Waals surface area contributed by atoms with Crippen LogP contribution < -0.4 is 11.2 Å². The zero-order chi connectivity index (χ0) is 28.4. The molecule has 0 atom stereocenters. The summed E-state index contributed by atoms with van der Waals surface area (Å²) in [5, 5.41) is 3.95. The zero-order valence-electron chi connectivity index (χ0n) is 22.6. The highest BCUT2D eigenvalue weighted by Gasteiger charge is 2.36. The molecule has 9 nitrogen and oxygen atoms in total. The molecule has 3 aromatic heterocycles. The number of benzene rings is 1. The van der Waals surface area contributed by atoms with Gasteiger partial charge in [0.05, 0.1) is 0 Å². The number of nitrogens with one attached hydrogen (secondary N) is 1.